The Morgan fingerprint density at radius 2 is 1.83 bits per heavy atom. The predicted octanol–water partition coefficient (Wildman–Crippen LogP) is 2.55. The Morgan fingerprint density at radius 3 is 2.33 bits per heavy atom. The highest BCUT2D eigenvalue weighted by atomic mass is 16.2. The van der Waals surface area contributed by atoms with Crippen LogP contribution in [-0.4, -0.2) is 21.4 Å². The minimum Gasteiger partial charge on any atom is -0.339 e. The van der Waals surface area contributed by atoms with Crippen LogP contribution in [-0.2, 0) is 16.6 Å². The van der Waals surface area contributed by atoms with Gasteiger partial charge in [0.05, 0.1) is 0 Å². The van der Waals surface area contributed by atoms with Gasteiger partial charge < -0.3 is 15.2 Å². The summed E-state index contributed by atoms with van der Waals surface area (Å²) in [5.74, 6) is 0.437. The summed E-state index contributed by atoms with van der Waals surface area (Å²) in [6.45, 7) is 5.21. The summed E-state index contributed by atoms with van der Waals surface area (Å²) in [6, 6.07) is 6.97. The number of benzene rings is 1. The SMILES string of the molecule is CC(=O)Nc1ccc(C(NC(=O)C=C(C)C)c2nccn2C)cc1. The van der Waals surface area contributed by atoms with E-state index in [4.69, 9.17) is 0 Å². The van der Waals surface area contributed by atoms with E-state index >= 15 is 0 Å². The van der Waals surface area contributed by atoms with Gasteiger partial charge in [-0.3, -0.25) is 9.59 Å². The van der Waals surface area contributed by atoms with Crippen molar-refractivity contribution in [1.82, 2.24) is 14.9 Å². The molecule has 24 heavy (non-hydrogen) atoms. The van der Waals surface area contributed by atoms with Crippen LogP contribution < -0.4 is 10.6 Å². The van der Waals surface area contributed by atoms with E-state index in [2.05, 4.69) is 15.6 Å². The number of aromatic nitrogens is 2. The van der Waals surface area contributed by atoms with Gasteiger partial charge in [-0.1, -0.05) is 17.7 Å². The van der Waals surface area contributed by atoms with Gasteiger partial charge in [0, 0.05) is 38.1 Å². The van der Waals surface area contributed by atoms with E-state index in [9.17, 15) is 9.59 Å². The Kier molecular flexibility index (Phi) is 5.52. The smallest absolute Gasteiger partial charge is 0.244 e. The molecule has 1 heterocycles. The molecule has 2 aromatic rings. The third-order valence-electron chi connectivity index (χ3n) is 3.39. The molecule has 0 aliphatic heterocycles. The molecule has 2 amide bonds. The lowest BCUT2D eigenvalue weighted by molar-refractivity contribution is -0.117. The quantitative estimate of drug-likeness (QED) is 0.829. The molecule has 1 aromatic heterocycles. The first-order valence-corrected chi connectivity index (χ1v) is 7.67. The highest BCUT2D eigenvalue weighted by molar-refractivity contribution is 5.89. The number of carbonyl (C=O) groups is 2. The molecule has 126 valence electrons. The first-order chi connectivity index (χ1) is 11.4. The maximum Gasteiger partial charge on any atom is 0.244 e. The summed E-state index contributed by atoms with van der Waals surface area (Å²) in [4.78, 5) is 27.7. The molecule has 0 bridgehead atoms. The van der Waals surface area contributed by atoms with Crippen molar-refractivity contribution in [3.63, 3.8) is 0 Å². The number of nitrogens with zero attached hydrogens (tertiary/aromatic N) is 2. The molecule has 6 nitrogen and oxygen atoms in total. The number of rotatable bonds is 5. The molecule has 0 aliphatic carbocycles. The van der Waals surface area contributed by atoms with Crippen LogP contribution >= 0.6 is 0 Å². The maximum atomic E-state index is 12.2. The van der Waals surface area contributed by atoms with Crippen LogP contribution in [0, 0.1) is 0 Å². The van der Waals surface area contributed by atoms with Gasteiger partial charge in [-0.25, -0.2) is 4.98 Å². The fourth-order valence-electron chi connectivity index (χ4n) is 2.36. The lowest BCUT2D eigenvalue weighted by atomic mass is 10.1. The van der Waals surface area contributed by atoms with E-state index in [1.807, 2.05) is 43.8 Å². The standard InChI is InChI=1S/C18H22N4O2/c1-12(2)11-16(24)21-17(18-19-9-10-22(18)4)14-5-7-15(8-6-14)20-13(3)23/h5-11,17H,1-4H3,(H,20,23)(H,21,24). The first kappa shape index (κ1) is 17.5. The van der Waals surface area contributed by atoms with Crippen molar-refractivity contribution in [1.29, 1.82) is 0 Å². The van der Waals surface area contributed by atoms with Crippen molar-refractivity contribution in [3.8, 4) is 0 Å². The summed E-state index contributed by atoms with van der Waals surface area (Å²) < 4.78 is 1.87. The Labute approximate surface area is 141 Å². The van der Waals surface area contributed by atoms with Crippen molar-refractivity contribution < 1.29 is 9.59 Å². The molecule has 0 spiro atoms. The summed E-state index contributed by atoms with van der Waals surface area (Å²) in [6.07, 6.45) is 5.09. The number of imidazole rings is 1. The van der Waals surface area contributed by atoms with Crippen LogP contribution in [0.2, 0.25) is 0 Å². The summed E-state index contributed by atoms with van der Waals surface area (Å²) in [5.41, 5.74) is 2.52. The number of allylic oxidation sites excluding steroid dienone is 1. The largest absolute Gasteiger partial charge is 0.339 e. The zero-order chi connectivity index (χ0) is 17.7. The third-order valence-corrected chi connectivity index (χ3v) is 3.39. The monoisotopic (exact) mass is 326 g/mol. The second kappa shape index (κ2) is 7.59. The Morgan fingerprint density at radius 1 is 1.17 bits per heavy atom. The van der Waals surface area contributed by atoms with Crippen LogP contribution in [0.25, 0.3) is 0 Å². The van der Waals surface area contributed by atoms with Crippen molar-refractivity contribution in [2.45, 2.75) is 26.8 Å². The molecule has 2 N–H and O–H groups in total. The van der Waals surface area contributed by atoms with Gasteiger partial charge >= 0.3 is 0 Å². The fraction of sp³-hybridized carbons (Fsp3) is 0.278. The molecule has 1 unspecified atom stereocenters. The summed E-state index contributed by atoms with van der Waals surface area (Å²) in [5, 5.41) is 5.71. The molecular weight excluding hydrogens is 304 g/mol. The van der Waals surface area contributed by atoms with E-state index in [1.54, 1.807) is 24.4 Å². The van der Waals surface area contributed by atoms with E-state index in [1.165, 1.54) is 6.92 Å². The second-order valence-corrected chi connectivity index (χ2v) is 5.86. The van der Waals surface area contributed by atoms with Crippen LogP contribution in [0.3, 0.4) is 0 Å². The van der Waals surface area contributed by atoms with Crippen molar-refractivity contribution >= 4 is 17.5 Å². The van der Waals surface area contributed by atoms with E-state index < -0.39 is 0 Å². The van der Waals surface area contributed by atoms with Crippen LogP contribution in [0.15, 0.2) is 48.3 Å². The van der Waals surface area contributed by atoms with Crippen LogP contribution in [0.5, 0.6) is 0 Å². The summed E-state index contributed by atoms with van der Waals surface area (Å²) in [7, 11) is 1.88. The number of anilines is 1. The number of amides is 2. The minimum atomic E-state index is -0.375. The molecule has 0 aliphatic rings. The molecule has 0 saturated carbocycles. The first-order valence-electron chi connectivity index (χ1n) is 7.67. The lowest BCUT2D eigenvalue weighted by Crippen LogP contribution is -2.30. The zero-order valence-electron chi connectivity index (χ0n) is 14.3. The molecule has 0 radical (unpaired) electrons. The van der Waals surface area contributed by atoms with Gasteiger partial charge in [-0.2, -0.15) is 0 Å². The number of carbonyl (C=O) groups excluding carboxylic acids is 2. The van der Waals surface area contributed by atoms with Gasteiger partial charge in [0.2, 0.25) is 11.8 Å². The van der Waals surface area contributed by atoms with Crippen molar-refractivity contribution in [2.24, 2.45) is 7.05 Å². The second-order valence-electron chi connectivity index (χ2n) is 5.86. The fourth-order valence-corrected chi connectivity index (χ4v) is 2.36. The Bertz CT molecular complexity index is 756. The maximum absolute atomic E-state index is 12.2. The normalized spacial score (nSPS) is 11.5. The Hall–Kier alpha value is -2.89. The number of nitrogens with one attached hydrogen (secondary N) is 2. The number of aryl methyl sites for hydroxylation is 1. The van der Waals surface area contributed by atoms with Gasteiger partial charge in [0.25, 0.3) is 0 Å². The van der Waals surface area contributed by atoms with Gasteiger partial charge in [0.1, 0.15) is 11.9 Å². The average molecular weight is 326 g/mol. The van der Waals surface area contributed by atoms with Crippen LogP contribution in [0.1, 0.15) is 38.2 Å². The third kappa shape index (κ3) is 4.55. The van der Waals surface area contributed by atoms with Crippen molar-refractivity contribution in [3.05, 3.63) is 59.7 Å². The Balaban J connectivity index is 2.32. The topological polar surface area (TPSA) is 76.0 Å². The average Bonchev–Trinajstić information content (AvgIpc) is 2.90. The molecule has 0 saturated heterocycles. The molecule has 6 heteroatoms. The predicted molar refractivity (Wildman–Crippen MR) is 93.4 cm³/mol. The molecular formula is C18H22N4O2. The number of hydrogen-bond acceptors (Lipinski definition) is 3. The highest BCUT2D eigenvalue weighted by Gasteiger charge is 2.20. The van der Waals surface area contributed by atoms with Gasteiger partial charge in [-0.05, 0) is 31.5 Å². The molecule has 2 rings (SSSR count). The van der Waals surface area contributed by atoms with Gasteiger partial charge in [-0.15, -0.1) is 0 Å². The molecule has 0 fully saturated rings. The van der Waals surface area contributed by atoms with E-state index in [0.717, 1.165) is 17.0 Å². The van der Waals surface area contributed by atoms with E-state index in [0.29, 0.717) is 5.69 Å². The minimum absolute atomic E-state index is 0.125. The molecule has 1 atom stereocenters. The van der Waals surface area contributed by atoms with Crippen molar-refractivity contribution in [2.75, 3.05) is 5.32 Å². The number of hydrogen-bond donors (Lipinski definition) is 2. The molecule has 1 aromatic carbocycles. The van der Waals surface area contributed by atoms with E-state index in [-0.39, 0.29) is 17.9 Å². The van der Waals surface area contributed by atoms with Gasteiger partial charge in [0.15, 0.2) is 0 Å². The lowest BCUT2D eigenvalue weighted by Gasteiger charge is -2.19. The highest BCUT2D eigenvalue weighted by Crippen LogP contribution is 2.22. The summed E-state index contributed by atoms with van der Waals surface area (Å²) >= 11 is 0. The van der Waals surface area contributed by atoms with Crippen LogP contribution in [0.4, 0.5) is 5.69 Å². The zero-order valence-corrected chi connectivity index (χ0v) is 14.3.